The Labute approximate surface area is 104 Å². The fourth-order valence-corrected chi connectivity index (χ4v) is 1.87. The number of nitrogens with zero attached hydrogens (tertiary/aromatic N) is 1. The van der Waals surface area contributed by atoms with E-state index >= 15 is 0 Å². The third kappa shape index (κ3) is 2.09. The van der Waals surface area contributed by atoms with Gasteiger partial charge < -0.3 is 0 Å². The van der Waals surface area contributed by atoms with Crippen molar-refractivity contribution in [1.82, 2.24) is 4.90 Å². The van der Waals surface area contributed by atoms with E-state index in [-0.39, 0.29) is 12.8 Å². The largest absolute Gasteiger partial charge is 0.394 e. The van der Waals surface area contributed by atoms with Crippen LogP contribution in [0.5, 0.6) is 0 Å². The molecule has 1 aliphatic rings. The van der Waals surface area contributed by atoms with Crippen molar-refractivity contribution < 1.29 is 35.1 Å². The molecule has 114 valence electrons. The van der Waals surface area contributed by atoms with Gasteiger partial charge in [0, 0.05) is 6.54 Å². The number of unbranched alkanes of at least 4 members (excludes halogenated alkanes) is 3. The number of alkyl halides is 8. The lowest BCUT2D eigenvalue weighted by atomic mass is 10.2. The summed E-state index contributed by atoms with van der Waals surface area (Å²) in [5.41, 5.74) is 0. The van der Waals surface area contributed by atoms with E-state index in [0.717, 1.165) is 0 Å². The Morgan fingerprint density at radius 1 is 0.684 bits per heavy atom. The van der Waals surface area contributed by atoms with Crippen LogP contribution in [0.3, 0.4) is 0 Å². The molecule has 0 aliphatic carbocycles. The van der Waals surface area contributed by atoms with Gasteiger partial charge >= 0.3 is 23.9 Å². The Morgan fingerprint density at radius 3 is 1.47 bits per heavy atom. The van der Waals surface area contributed by atoms with Gasteiger partial charge in [-0.25, -0.2) is 0 Å². The molecule has 0 unspecified atom stereocenters. The molecule has 0 radical (unpaired) electrons. The van der Waals surface area contributed by atoms with Crippen LogP contribution in [0.1, 0.15) is 32.6 Å². The molecular formula is C10H13F8N. The van der Waals surface area contributed by atoms with Crippen molar-refractivity contribution in [1.29, 1.82) is 0 Å². The molecule has 1 saturated heterocycles. The molecule has 1 aliphatic heterocycles. The minimum atomic E-state index is -6.10. The molecule has 0 saturated carbocycles. The van der Waals surface area contributed by atoms with Gasteiger partial charge in [-0.3, -0.25) is 0 Å². The predicted octanol–water partition coefficient (Wildman–Crippen LogP) is 4.34. The molecule has 0 N–H and O–H groups in total. The second kappa shape index (κ2) is 4.75. The summed E-state index contributed by atoms with van der Waals surface area (Å²) in [7, 11) is 0. The summed E-state index contributed by atoms with van der Waals surface area (Å²) in [6.45, 7) is 0.534. The highest BCUT2D eigenvalue weighted by molar-refractivity contribution is 5.11. The maximum atomic E-state index is 13.1. The van der Waals surface area contributed by atoms with Crippen LogP contribution >= 0.6 is 0 Å². The molecule has 1 fully saturated rings. The number of hydrogen-bond acceptors (Lipinski definition) is 1. The zero-order chi connectivity index (χ0) is 15.1. The van der Waals surface area contributed by atoms with Crippen LogP contribution in [0, 0.1) is 0 Å². The molecule has 1 rings (SSSR count). The summed E-state index contributed by atoms with van der Waals surface area (Å²) in [6.07, 6.45) is 1.10. The molecular weight excluding hydrogens is 286 g/mol. The number of rotatable bonds is 5. The SMILES string of the molecule is CCCCCCN1C(F)(F)C(F)(F)C(F)(F)C1(F)F. The second-order valence-electron chi connectivity index (χ2n) is 4.44. The molecule has 0 atom stereocenters. The molecule has 1 heterocycles. The summed E-state index contributed by atoms with van der Waals surface area (Å²) < 4.78 is 104. The lowest BCUT2D eigenvalue weighted by Crippen LogP contribution is -2.51. The fraction of sp³-hybridized carbons (Fsp3) is 1.00. The monoisotopic (exact) mass is 299 g/mol. The lowest BCUT2D eigenvalue weighted by Gasteiger charge is -2.27. The van der Waals surface area contributed by atoms with Crippen LogP contribution in [0.4, 0.5) is 35.1 Å². The topological polar surface area (TPSA) is 3.24 Å². The van der Waals surface area contributed by atoms with Crippen LogP contribution in [-0.2, 0) is 0 Å². The van der Waals surface area contributed by atoms with Crippen LogP contribution < -0.4 is 0 Å². The van der Waals surface area contributed by atoms with Crippen molar-refractivity contribution in [2.45, 2.75) is 56.5 Å². The van der Waals surface area contributed by atoms with E-state index in [1.807, 2.05) is 0 Å². The summed E-state index contributed by atoms with van der Waals surface area (Å²) in [6, 6.07) is -11.2. The Balaban J connectivity index is 2.96. The third-order valence-electron chi connectivity index (χ3n) is 3.06. The first-order chi connectivity index (χ1) is 8.44. The van der Waals surface area contributed by atoms with E-state index in [4.69, 9.17) is 0 Å². The summed E-state index contributed by atoms with van der Waals surface area (Å²) in [4.78, 5) is -1.38. The zero-order valence-corrected chi connectivity index (χ0v) is 10.0. The van der Waals surface area contributed by atoms with Crippen LogP contribution in [0.2, 0.25) is 0 Å². The standard InChI is InChI=1S/C10H13F8N/c1-2-3-4-5-6-19-9(15,16)7(11,12)8(13,14)10(19,17)18/h2-6H2,1H3. The van der Waals surface area contributed by atoms with Crippen molar-refractivity contribution in [3.8, 4) is 0 Å². The Kier molecular flexibility index (Phi) is 4.11. The lowest BCUT2D eigenvalue weighted by molar-refractivity contribution is -0.303. The van der Waals surface area contributed by atoms with E-state index in [1.165, 1.54) is 0 Å². The molecule has 0 aromatic heterocycles. The van der Waals surface area contributed by atoms with Crippen LogP contribution in [0.25, 0.3) is 0 Å². The summed E-state index contributed by atoms with van der Waals surface area (Å²) in [5, 5.41) is 0. The number of hydrogen-bond donors (Lipinski definition) is 0. The van der Waals surface area contributed by atoms with E-state index in [0.29, 0.717) is 12.8 Å². The Hall–Kier alpha value is -0.600. The fourth-order valence-electron chi connectivity index (χ4n) is 1.87. The second-order valence-corrected chi connectivity index (χ2v) is 4.44. The van der Waals surface area contributed by atoms with E-state index < -0.39 is 35.4 Å². The van der Waals surface area contributed by atoms with Crippen molar-refractivity contribution in [2.24, 2.45) is 0 Å². The van der Waals surface area contributed by atoms with Gasteiger partial charge in [0.25, 0.3) is 0 Å². The average Bonchev–Trinajstić information content (AvgIpc) is 2.32. The van der Waals surface area contributed by atoms with Gasteiger partial charge in [-0.1, -0.05) is 26.2 Å². The molecule has 0 bridgehead atoms. The van der Waals surface area contributed by atoms with Crippen molar-refractivity contribution >= 4 is 0 Å². The predicted molar refractivity (Wildman–Crippen MR) is 50.6 cm³/mol. The molecule has 0 aromatic rings. The first kappa shape index (κ1) is 16.5. The Bertz CT molecular complexity index is 301. The smallest absolute Gasteiger partial charge is 0.191 e. The highest BCUT2D eigenvalue weighted by atomic mass is 19.4. The van der Waals surface area contributed by atoms with Gasteiger partial charge in [-0.05, 0) is 6.42 Å². The first-order valence-corrected chi connectivity index (χ1v) is 5.73. The summed E-state index contributed by atoms with van der Waals surface area (Å²) in [5.74, 6) is -12.2. The van der Waals surface area contributed by atoms with E-state index in [2.05, 4.69) is 0 Å². The van der Waals surface area contributed by atoms with Gasteiger partial charge in [0.2, 0.25) is 0 Å². The number of halogens is 8. The van der Waals surface area contributed by atoms with Crippen molar-refractivity contribution in [3.05, 3.63) is 0 Å². The molecule has 0 amide bonds. The van der Waals surface area contributed by atoms with Gasteiger partial charge in [0.1, 0.15) is 0 Å². The van der Waals surface area contributed by atoms with Crippen LogP contribution in [-0.4, -0.2) is 35.4 Å². The molecule has 19 heavy (non-hydrogen) atoms. The van der Waals surface area contributed by atoms with Gasteiger partial charge in [0.15, 0.2) is 0 Å². The highest BCUT2D eigenvalue weighted by Crippen LogP contribution is 2.62. The van der Waals surface area contributed by atoms with Crippen molar-refractivity contribution in [2.75, 3.05) is 6.54 Å². The molecule has 0 spiro atoms. The molecule has 9 heteroatoms. The zero-order valence-electron chi connectivity index (χ0n) is 10.0. The molecule has 0 aromatic carbocycles. The maximum absolute atomic E-state index is 13.1. The quantitative estimate of drug-likeness (QED) is 0.415. The third-order valence-corrected chi connectivity index (χ3v) is 3.06. The van der Waals surface area contributed by atoms with Gasteiger partial charge in [-0.2, -0.15) is 40.0 Å². The summed E-state index contributed by atoms with van der Waals surface area (Å²) >= 11 is 0. The van der Waals surface area contributed by atoms with Gasteiger partial charge in [-0.15, -0.1) is 0 Å². The molecule has 1 nitrogen and oxygen atoms in total. The van der Waals surface area contributed by atoms with Gasteiger partial charge in [0.05, 0.1) is 0 Å². The maximum Gasteiger partial charge on any atom is 0.394 e. The highest BCUT2D eigenvalue weighted by Gasteiger charge is 2.92. The van der Waals surface area contributed by atoms with Crippen LogP contribution in [0.15, 0.2) is 0 Å². The minimum Gasteiger partial charge on any atom is -0.191 e. The normalized spacial score (nSPS) is 27.6. The van der Waals surface area contributed by atoms with Crippen molar-refractivity contribution in [3.63, 3.8) is 0 Å². The minimum absolute atomic E-state index is 0.219. The van der Waals surface area contributed by atoms with E-state index in [9.17, 15) is 35.1 Å². The average molecular weight is 299 g/mol. The Morgan fingerprint density at radius 2 is 1.11 bits per heavy atom. The number of likely N-dealkylation sites (tertiary alicyclic amines) is 1. The first-order valence-electron chi connectivity index (χ1n) is 5.73. The van der Waals surface area contributed by atoms with E-state index in [1.54, 1.807) is 6.92 Å².